The van der Waals surface area contributed by atoms with Crippen molar-refractivity contribution in [3.8, 4) is 0 Å². The van der Waals surface area contributed by atoms with E-state index in [9.17, 15) is 14.4 Å². The summed E-state index contributed by atoms with van der Waals surface area (Å²) in [6.45, 7) is 2.23. The Morgan fingerprint density at radius 2 is 1.67 bits per heavy atom. The summed E-state index contributed by atoms with van der Waals surface area (Å²) < 4.78 is 4.74. The summed E-state index contributed by atoms with van der Waals surface area (Å²) >= 11 is 0. The van der Waals surface area contributed by atoms with Crippen molar-refractivity contribution in [3.63, 3.8) is 0 Å². The van der Waals surface area contributed by atoms with Gasteiger partial charge in [-0.05, 0) is 67.5 Å². The predicted octanol–water partition coefficient (Wildman–Crippen LogP) is 2.78. The highest BCUT2D eigenvalue weighted by Crippen LogP contribution is 2.31. The maximum atomic E-state index is 12.4. The Hall–Kier alpha value is -2.89. The second-order valence-corrected chi connectivity index (χ2v) is 6.89. The Morgan fingerprint density at radius 1 is 0.933 bits per heavy atom. The van der Waals surface area contributed by atoms with Crippen LogP contribution in [0.2, 0.25) is 0 Å². The Balaban J connectivity index is 1.45. The number of rotatable bonds is 9. The number of amides is 2. The minimum absolute atomic E-state index is 0.135. The van der Waals surface area contributed by atoms with Crippen LogP contribution in [0.15, 0.2) is 36.4 Å². The van der Waals surface area contributed by atoms with Crippen LogP contribution in [0.3, 0.4) is 0 Å². The van der Waals surface area contributed by atoms with Crippen LogP contribution in [0.5, 0.6) is 0 Å². The molecule has 1 aliphatic carbocycles. The molecule has 0 aromatic heterocycles. The van der Waals surface area contributed by atoms with Gasteiger partial charge in [0.25, 0.3) is 5.91 Å². The molecule has 0 bridgehead atoms. The monoisotopic (exact) mass is 405 g/mol. The van der Waals surface area contributed by atoms with E-state index in [1.165, 1.54) is 5.92 Å². The van der Waals surface area contributed by atoms with Gasteiger partial charge in [-0.2, -0.15) is 0 Å². The third kappa shape index (κ3) is 6.05. The smallest absolute Gasteiger partial charge is 0.325 e. The second kappa shape index (κ2) is 10.8. The van der Waals surface area contributed by atoms with Crippen LogP contribution in [-0.2, 0) is 14.3 Å². The van der Waals surface area contributed by atoms with Crippen molar-refractivity contribution in [1.29, 1.82) is 0 Å². The summed E-state index contributed by atoms with van der Waals surface area (Å²) in [5.41, 5.74) is 1.72. The summed E-state index contributed by atoms with van der Waals surface area (Å²) in [7, 11) is 0. The molecule has 2 amide bonds. The number of ether oxygens (including phenoxy) is 1. The number of hydrogen-bond donors (Lipinski definition) is 2. The molecule has 0 atom stereocenters. The Bertz CT molecular complexity index is 903. The number of benzene rings is 2. The van der Waals surface area contributed by atoms with Crippen molar-refractivity contribution in [2.75, 3.05) is 19.7 Å². The summed E-state index contributed by atoms with van der Waals surface area (Å²) in [5, 5.41) is 7.39. The number of nitrogens with one attached hydrogen (secondary N) is 2. The zero-order chi connectivity index (χ0) is 21.3. The molecular formula is C24H25N2O4. The first-order valence-electron chi connectivity index (χ1n) is 10.0. The Kier molecular flexibility index (Phi) is 7.82. The van der Waals surface area contributed by atoms with Gasteiger partial charge in [-0.1, -0.05) is 24.3 Å². The van der Waals surface area contributed by atoms with Crippen molar-refractivity contribution in [3.05, 3.63) is 79.1 Å². The molecule has 0 saturated heterocycles. The predicted molar refractivity (Wildman–Crippen MR) is 115 cm³/mol. The molecule has 6 nitrogen and oxygen atoms in total. The molecule has 2 aromatic carbocycles. The first-order chi connectivity index (χ1) is 14.6. The molecule has 2 N–H and O–H groups in total. The maximum Gasteiger partial charge on any atom is 0.325 e. The van der Waals surface area contributed by atoms with Crippen LogP contribution in [0, 0.1) is 31.6 Å². The molecule has 2 aromatic rings. The molecule has 30 heavy (non-hydrogen) atoms. The third-order valence-electron chi connectivity index (χ3n) is 4.70. The Morgan fingerprint density at radius 3 is 2.43 bits per heavy atom. The van der Waals surface area contributed by atoms with Crippen LogP contribution < -0.4 is 10.6 Å². The van der Waals surface area contributed by atoms with Crippen molar-refractivity contribution in [1.82, 2.24) is 10.6 Å². The number of fused-ring (bicyclic) bond motifs is 1. The van der Waals surface area contributed by atoms with E-state index < -0.39 is 5.97 Å². The number of carbonyl (C=O) groups excluding carboxylic acids is 3. The van der Waals surface area contributed by atoms with Crippen LogP contribution in [0.4, 0.5) is 0 Å². The first kappa shape index (κ1) is 21.8. The van der Waals surface area contributed by atoms with Crippen LogP contribution in [0.1, 0.15) is 35.7 Å². The highest BCUT2D eigenvalue weighted by molar-refractivity contribution is 5.98. The van der Waals surface area contributed by atoms with E-state index >= 15 is 0 Å². The lowest BCUT2D eigenvalue weighted by Crippen LogP contribution is -2.31. The minimum atomic E-state index is -0.461. The molecule has 1 fully saturated rings. The largest absolute Gasteiger partial charge is 0.465 e. The molecule has 155 valence electrons. The quantitative estimate of drug-likeness (QED) is 0.496. The van der Waals surface area contributed by atoms with E-state index in [4.69, 9.17) is 4.74 Å². The van der Waals surface area contributed by atoms with Crippen LogP contribution >= 0.6 is 0 Å². The first-order valence-corrected chi connectivity index (χ1v) is 10.0. The SMILES string of the molecule is CCOC(=O)CNC(=O)CCCNC(=O)c1ccc2cc([C]3[CH][CH][CH][CH]3)ccc2c1. The lowest BCUT2D eigenvalue weighted by atomic mass is 9.94. The molecule has 0 spiro atoms. The number of carbonyl (C=O) groups is 3. The van der Waals surface area contributed by atoms with E-state index in [1.807, 2.05) is 37.1 Å². The topological polar surface area (TPSA) is 84.5 Å². The molecule has 0 aliphatic heterocycles. The molecule has 6 heteroatoms. The zero-order valence-corrected chi connectivity index (χ0v) is 16.9. The average Bonchev–Trinajstić information content (AvgIpc) is 3.29. The second-order valence-electron chi connectivity index (χ2n) is 6.89. The summed E-state index contributed by atoms with van der Waals surface area (Å²) in [4.78, 5) is 35.3. The van der Waals surface area contributed by atoms with Gasteiger partial charge in [-0.25, -0.2) is 0 Å². The number of hydrogen-bond acceptors (Lipinski definition) is 4. The molecule has 1 aliphatic rings. The zero-order valence-electron chi connectivity index (χ0n) is 16.9. The third-order valence-corrected chi connectivity index (χ3v) is 4.70. The van der Waals surface area contributed by atoms with Gasteiger partial charge in [0.05, 0.1) is 6.61 Å². The van der Waals surface area contributed by atoms with Gasteiger partial charge in [0, 0.05) is 24.4 Å². The van der Waals surface area contributed by atoms with E-state index in [2.05, 4.69) is 29.5 Å². The molecule has 0 unspecified atom stereocenters. The van der Waals surface area contributed by atoms with Gasteiger partial charge < -0.3 is 15.4 Å². The summed E-state index contributed by atoms with van der Waals surface area (Å²) in [6.07, 6.45) is 8.87. The highest BCUT2D eigenvalue weighted by Gasteiger charge is 2.19. The van der Waals surface area contributed by atoms with E-state index in [-0.39, 0.29) is 31.4 Å². The fourth-order valence-electron chi connectivity index (χ4n) is 3.16. The van der Waals surface area contributed by atoms with Gasteiger partial charge in [0.1, 0.15) is 6.54 Å². The highest BCUT2D eigenvalue weighted by atomic mass is 16.5. The summed E-state index contributed by atoms with van der Waals surface area (Å²) in [6, 6.07) is 11.8. The fourth-order valence-corrected chi connectivity index (χ4v) is 3.16. The molecule has 0 heterocycles. The fraction of sp³-hybridized carbons (Fsp3) is 0.250. The molecule has 5 radical (unpaired) electrons. The lowest BCUT2D eigenvalue weighted by molar-refractivity contribution is -0.143. The lowest BCUT2D eigenvalue weighted by Gasteiger charge is -2.10. The summed E-state index contributed by atoms with van der Waals surface area (Å²) in [5.74, 6) is 0.287. The Labute approximate surface area is 177 Å². The van der Waals surface area contributed by atoms with Gasteiger partial charge in [-0.3, -0.25) is 14.4 Å². The van der Waals surface area contributed by atoms with E-state index in [0.29, 0.717) is 18.5 Å². The normalized spacial score (nSPS) is 13.9. The van der Waals surface area contributed by atoms with Crippen LogP contribution in [0.25, 0.3) is 10.8 Å². The van der Waals surface area contributed by atoms with Crippen molar-refractivity contribution < 1.29 is 19.1 Å². The molecular weight excluding hydrogens is 380 g/mol. The minimum Gasteiger partial charge on any atom is -0.465 e. The van der Waals surface area contributed by atoms with Gasteiger partial charge in [-0.15, -0.1) is 0 Å². The molecule has 3 rings (SSSR count). The maximum absolute atomic E-state index is 12.4. The molecule has 1 saturated carbocycles. The van der Waals surface area contributed by atoms with Crippen molar-refractivity contribution in [2.45, 2.75) is 19.8 Å². The van der Waals surface area contributed by atoms with Gasteiger partial charge >= 0.3 is 5.97 Å². The van der Waals surface area contributed by atoms with Gasteiger partial charge in [0.15, 0.2) is 0 Å². The average molecular weight is 405 g/mol. The van der Waals surface area contributed by atoms with E-state index in [0.717, 1.165) is 16.3 Å². The van der Waals surface area contributed by atoms with Crippen molar-refractivity contribution >= 4 is 28.6 Å². The standard InChI is InChI=1S/C24H25N2O4/c1-2-30-23(28)16-26-22(27)8-5-13-25-24(29)21-12-11-19-14-18(9-10-20(19)15-21)17-6-3-4-7-17/h3-4,6-7,9-12,14-15H,2,5,8,13,16H2,1H3,(H,25,29)(H,26,27). The number of esters is 1. The van der Waals surface area contributed by atoms with E-state index in [1.54, 1.807) is 13.0 Å². The van der Waals surface area contributed by atoms with Gasteiger partial charge in [0.2, 0.25) is 5.91 Å². The van der Waals surface area contributed by atoms with Crippen LogP contribution in [-0.4, -0.2) is 37.5 Å². The van der Waals surface area contributed by atoms with Crippen molar-refractivity contribution in [2.24, 2.45) is 0 Å².